The molecule has 5 nitrogen and oxygen atoms in total. The first-order valence-corrected chi connectivity index (χ1v) is 11.4. The maximum atomic E-state index is 13.4. The Kier molecular flexibility index (Phi) is 8.88. The first kappa shape index (κ1) is 25.4. The molecule has 174 valence electrons. The largest absolute Gasteiger partial charge is 0.483 e. The number of hydrogen-bond donors (Lipinski definition) is 1. The summed E-state index contributed by atoms with van der Waals surface area (Å²) < 4.78 is 5.96. The standard InChI is InChI=1S/C27H38N2O3/c1-8-23(26(31)28-27(5,6)7)29(17-21-13-11-12-20(4)16-21)25(30)18-32-24-15-10-9-14-22(24)19(2)3/h9-16,19,23H,8,17-18H2,1-7H3,(H,28,31)/t23-/m1/s1. The smallest absolute Gasteiger partial charge is 0.261 e. The fourth-order valence-corrected chi connectivity index (χ4v) is 3.69. The first-order chi connectivity index (χ1) is 15.0. The Labute approximate surface area is 193 Å². The molecule has 0 saturated heterocycles. The van der Waals surface area contributed by atoms with Crippen LogP contribution in [0, 0.1) is 6.92 Å². The molecule has 5 heteroatoms. The zero-order valence-electron chi connectivity index (χ0n) is 20.6. The zero-order valence-corrected chi connectivity index (χ0v) is 20.6. The number of nitrogens with one attached hydrogen (secondary N) is 1. The van der Waals surface area contributed by atoms with E-state index in [1.165, 1.54) is 0 Å². The van der Waals surface area contributed by atoms with Crippen LogP contribution < -0.4 is 10.1 Å². The van der Waals surface area contributed by atoms with Crippen molar-refractivity contribution in [3.05, 3.63) is 65.2 Å². The molecule has 2 aromatic carbocycles. The Balaban J connectivity index is 2.28. The molecule has 2 amide bonds. The first-order valence-electron chi connectivity index (χ1n) is 11.4. The lowest BCUT2D eigenvalue weighted by molar-refractivity contribution is -0.143. The summed E-state index contributed by atoms with van der Waals surface area (Å²) in [5.74, 6) is 0.633. The number of carbonyl (C=O) groups excluding carboxylic acids is 2. The molecule has 1 N–H and O–H groups in total. The molecule has 32 heavy (non-hydrogen) atoms. The van der Waals surface area contributed by atoms with E-state index in [-0.39, 0.29) is 29.9 Å². The van der Waals surface area contributed by atoms with E-state index in [1.54, 1.807) is 4.90 Å². The minimum atomic E-state index is -0.578. The van der Waals surface area contributed by atoms with Gasteiger partial charge in [-0.15, -0.1) is 0 Å². The number of ether oxygens (including phenoxy) is 1. The van der Waals surface area contributed by atoms with Gasteiger partial charge in [-0.3, -0.25) is 9.59 Å². The topological polar surface area (TPSA) is 58.6 Å². The lowest BCUT2D eigenvalue weighted by Gasteiger charge is -2.33. The van der Waals surface area contributed by atoms with Gasteiger partial charge in [0.2, 0.25) is 5.91 Å². The predicted octanol–water partition coefficient (Wildman–Crippen LogP) is 5.22. The molecular weight excluding hydrogens is 400 g/mol. The lowest BCUT2D eigenvalue weighted by Crippen LogP contribution is -2.54. The van der Waals surface area contributed by atoms with Crippen molar-refractivity contribution in [1.82, 2.24) is 10.2 Å². The number of hydrogen-bond acceptors (Lipinski definition) is 3. The van der Waals surface area contributed by atoms with E-state index in [9.17, 15) is 9.59 Å². The summed E-state index contributed by atoms with van der Waals surface area (Å²) in [5, 5.41) is 3.03. The van der Waals surface area contributed by atoms with E-state index < -0.39 is 6.04 Å². The van der Waals surface area contributed by atoms with Gasteiger partial charge in [0, 0.05) is 12.1 Å². The van der Waals surface area contributed by atoms with Crippen LogP contribution in [-0.2, 0) is 16.1 Å². The Morgan fingerprint density at radius 1 is 1.06 bits per heavy atom. The number of aryl methyl sites for hydroxylation is 1. The number of amides is 2. The molecule has 2 rings (SSSR count). The average molecular weight is 439 g/mol. The Morgan fingerprint density at radius 3 is 2.34 bits per heavy atom. The van der Waals surface area contributed by atoms with Gasteiger partial charge in [0.1, 0.15) is 11.8 Å². The van der Waals surface area contributed by atoms with E-state index in [0.717, 1.165) is 16.7 Å². The number of carbonyl (C=O) groups is 2. The van der Waals surface area contributed by atoms with Crippen molar-refractivity contribution in [3.8, 4) is 5.75 Å². The minimum absolute atomic E-state index is 0.116. The maximum absolute atomic E-state index is 13.4. The monoisotopic (exact) mass is 438 g/mol. The second-order valence-electron chi connectivity index (χ2n) is 9.66. The molecule has 0 fully saturated rings. The third-order valence-corrected chi connectivity index (χ3v) is 5.21. The second-order valence-corrected chi connectivity index (χ2v) is 9.66. The molecule has 1 atom stereocenters. The van der Waals surface area contributed by atoms with Crippen LogP contribution in [0.25, 0.3) is 0 Å². The third kappa shape index (κ3) is 7.40. The van der Waals surface area contributed by atoms with Gasteiger partial charge in [0.05, 0.1) is 0 Å². The maximum Gasteiger partial charge on any atom is 0.261 e. The molecule has 0 aliphatic rings. The molecule has 0 unspecified atom stereocenters. The molecule has 0 aliphatic heterocycles. The summed E-state index contributed by atoms with van der Waals surface area (Å²) in [6, 6.07) is 15.2. The van der Waals surface area contributed by atoms with Gasteiger partial charge in [-0.05, 0) is 57.2 Å². The zero-order chi connectivity index (χ0) is 23.9. The quantitative estimate of drug-likeness (QED) is 0.584. The molecule has 0 aromatic heterocycles. The highest BCUT2D eigenvalue weighted by atomic mass is 16.5. The van der Waals surface area contributed by atoms with Crippen LogP contribution >= 0.6 is 0 Å². The van der Waals surface area contributed by atoms with Gasteiger partial charge in [-0.25, -0.2) is 0 Å². The molecule has 0 radical (unpaired) electrons. The van der Waals surface area contributed by atoms with Crippen LogP contribution in [0.15, 0.2) is 48.5 Å². The van der Waals surface area contributed by atoms with Crippen molar-refractivity contribution in [3.63, 3.8) is 0 Å². The van der Waals surface area contributed by atoms with Gasteiger partial charge in [0.25, 0.3) is 5.91 Å². The van der Waals surface area contributed by atoms with E-state index in [0.29, 0.717) is 18.7 Å². The minimum Gasteiger partial charge on any atom is -0.483 e. The second kappa shape index (κ2) is 11.2. The fourth-order valence-electron chi connectivity index (χ4n) is 3.69. The molecular formula is C27H38N2O3. The van der Waals surface area contributed by atoms with Gasteiger partial charge >= 0.3 is 0 Å². The summed E-state index contributed by atoms with van der Waals surface area (Å²) in [6.45, 7) is 14.2. The average Bonchev–Trinajstić information content (AvgIpc) is 2.70. The van der Waals surface area contributed by atoms with Crippen molar-refractivity contribution in [2.45, 2.75) is 78.9 Å². The predicted molar refractivity (Wildman–Crippen MR) is 130 cm³/mol. The van der Waals surface area contributed by atoms with E-state index in [4.69, 9.17) is 4.74 Å². The van der Waals surface area contributed by atoms with Crippen LogP contribution in [0.2, 0.25) is 0 Å². The number of para-hydroxylation sites is 1. The number of benzene rings is 2. The number of rotatable bonds is 9. The fraction of sp³-hybridized carbons (Fsp3) is 0.481. The van der Waals surface area contributed by atoms with Gasteiger partial charge < -0.3 is 15.0 Å². The number of nitrogens with zero attached hydrogens (tertiary/aromatic N) is 1. The Bertz CT molecular complexity index is 915. The van der Waals surface area contributed by atoms with Crippen molar-refractivity contribution in [2.24, 2.45) is 0 Å². The highest BCUT2D eigenvalue weighted by molar-refractivity contribution is 5.88. The SMILES string of the molecule is CC[C@H](C(=O)NC(C)(C)C)N(Cc1cccc(C)c1)C(=O)COc1ccccc1C(C)C. The third-order valence-electron chi connectivity index (χ3n) is 5.21. The normalized spacial score (nSPS) is 12.4. The van der Waals surface area contributed by atoms with E-state index in [1.807, 2.05) is 83.1 Å². The molecule has 2 aromatic rings. The van der Waals surface area contributed by atoms with Crippen LogP contribution in [0.4, 0.5) is 0 Å². The molecule has 0 spiro atoms. The summed E-state index contributed by atoms with van der Waals surface area (Å²) in [7, 11) is 0. The highest BCUT2D eigenvalue weighted by Crippen LogP contribution is 2.26. The molecule has 0 heterocycles. The molecule has 0 saturated carbocycles. The van der Waals surface area contributed by atoms with Crippen molar-refractivity contribution >= 4 is 11.8 Å². The van der Waals surface area contributed by atoms with Gasteiger partial charge in [-0.1, -0.05) is 68.8 Å². The Morgan fingerprint density at radius 2 is 1.75 bits per heavy atom. The molecule has 0 bridgehead atoms. The lowest BCUT2D eigenvalue weighted by atomic mass is 10.0. The van der Waals surface area contributed by atoms with Crippen LogP contribution in [-0.4, -0.2) is 34.9 Å². The molecule has 0 aliphatic carbocycles. The van der Waals surface area contributed by atoms with Gasteiger partial charge in [0.15, 0.2) is 6.61 Å². The van der Waals surface area contributed by atoms with Crippen LogP contribution in [0.3, 0.4) is 0 Å². The van der Waals surface area contributed by atoms with Crippen LogP contribution in [0.1, 0.15) is 70.6 Å². The summed E-state index contributed by atoms with van der Waals surface area (Å²) in [6.07, 6.45) is 0.516. The highest BCUT2D eigenvalue weighted by Gasteiger charge is 2.31. The van der Waals surface area contributed by atoms with E-state index >= 15 is 0 Å². The van der Waals surface area contributed by atoms with E-state index in [2.05, 4.69) is 19.2 Å². The Hall–Kier alpha value is -2.82. The van der Waals surface area contributed by atoms with Crippen molar-refractivity contribution in [2.75, 3.05) is 6.61 Å². The summed E-state index contributed by atoms with van der Waals surface area (Å²) >= 11 is 0. The van der Waals surface area contributed by atoms with Crippen molar-refractivity contribution < 1.29 is 14.3 Å². The van der Waals surface area contributed by atoms with Gasteiger partial charge in [-0.2, -0.15) is 0 Å². The summed E-state index contributed by atoms with van der Waals surface area (Å²) in [4.78, 5) is 28.1. The van der Waals surface area contributed by atoms with Crippen LogP contribution in [0.5, 0.6) is 5.75 Å². The van der Waals surface area contributed by atoms with Crippen molar-refractivity contribution in [1.29, 1.82) is 0 Å². The summed E-state index contributed by atoms with van der Waals surface area (Å²) in [5.41, 5.74) is 2.78.